The Bertz CT molecular complexity index is 511. The number of aliphatic hydroxyl groups excluding tert-OH is 1. The van der Waals surface area contributed by atoms with Crippen LogP contribution >= 0.6 is 0 Å². The van der Waals surface area contributed by atoms with Crippen molar-refractivity contribution >= 4 is 10.0 Å². The number of hydrogen-bond acceptors (Lipinski definition) is 6. The van der Waals surface area contributed by atoms with Crippen LogP contribution in [0.2, 0.25) is 0 Å². The van der Waals surface area contributed by atoms with E-state index in [9.17, 15) is 8.42 Å². The lowest BCUT2D eigenvalue weighted by molar-refractivity contribution is 0.0272. The molecule has 0 saturated carbocycles. The third-order valence-electron chi connectivity index (χ3n) is 2.75. The van der Waals surface area contributed by atoms with E-state index in [4.69, 9.17) is 14.6 Å². The number of ether oxygens (including phenoxy) is 2. The predicted molar refractivity (Wildman–Crippen MR) is 71.7 cm³/mol. The zero-order chi connectivity index (χ0) is 14.4. The van der Waals surface area contributed by atoms with Crippen molar-refractivity contribution in [1.82, 2.24) is 9.84 Å². The number of aliphatic hydroxyl groups is 1. The molecular formula is C12H18N2O5S. The van der Waals surface area contributed by atoms with Gasteiger partial charge in [0.05, 0.1) is 24.7 Å². The van der Waals surface area contributed by atoms with E-state index in [1.54, 1.807) is 17.1 Å². The van der Waals surface area contributed by atoms with Gasteiger partial charge in [0.15, 0.2) is 0 Å². The van der Waals surface area contributed by atoms with Gasteiger partial charge in [0, 0.05) is 13.1 Å². The third-order valence-corrected chi connectivity index (χ3v) is 4.15. The molecule has 0 aliphatic carbocycles. The third kappa shape index (κ3) is 4.15. The van der Waals surface area contributed by atoms with Crippen molar-refractivity contribution < 1.29 is 23.0 Å². The molecule has 0 atom stereocenters. The molecule has 2 N–H and O–H groups in total. The summed E-state index contributed by atoms with van der Waals surface area (Å²) in [5.74, 6) is 0.518. The van der Waals surface area contributed by atoms with Crippen molar-refractivity contribution in [3.8, 4) is 5.75 Å². The molecule has 1 aliphatic rings. The van der Waals surface area contributed by atoms with E-state index in [1.165, 1.54) is 12.1 Å². The van der Waals surface area contributed by atoms with E-state index < -0.39 is 10.0 Å². The smallest absolute Gasteiger partial charge is 0.253 e. The SMILES string of the molecule is O=S(=O)(NN1CCOCC1)c1ccc(OCCO)cc1. The lowest BCUT2D eigenvalue weighted by Crippen LogP contribution is -2.48. The van der Waals surface area contributed by atoms with Crippen molar-refractivity contribution in [1.29, 1.82) is 0 Å². The summed E-state index contributed by atoms with van der Waals surface area (Å²) in [4.78, 5) is 2.69. The molecule has 7 nitrogen and oxygen atoms in total. The maximum Gasteiger partial charge on any atom is 0.253 e. The molecule has 0 spiro atoms. The van der Waals surface area contributed by atoms with Crippen LogP contribution in [0.1, 0.15) is 0 Å². The number of morpholine rings is 1. The molecule has 0 amide bonds. The fourth-order valence-corrected chi connectivity index (χ4v) is 2.88. The van der Waals surface area contributed by atoms with Crippen LogP contribution in [0.25, 0.3) is 0 Å². The summed E-state index contributed by atoms with van der Waals surface area (Å²) in [6.45, 7) is 2.16. The van der Waals surface area contributed by atoms with E-state index in [0.717, 1.165) is 0 Å². The van der Waals surface area contributed by atoms with Crippen LogP contribution in [-0.4, -0.2) is 58.1 Å². The first-order valence-electron chi connectivity index (χ1n) is 6.31. The quantitative estimate of drug-likeness (QED) is 0.742. The van der Waals surface area contributed by atoms with Crippen LogP contribution in [0, 0.1) is 0 Å². The Kier molecular flexibility index (Phi) is 5.32. The first-order chi connectivity index (χ1) is 9.62. The van der Waals surface area contributed by atoms with Crippen LogP contribution in [0.3, 0.4) is 0 Å². The van der Waals surface area contributed by atoms with Crippen molar-refractivity contribution in [2.45, 2.75) is 4.90 Å². The van der Waals surface area contributed by atoms with Crippen molar-refractivity contribution in [3.05, 3.63) is 24.3 Å². The standard InChI is InChI=1S/C12H18N2O5S/c15-7-10-19-11-1-3-12(4-2-11)20(16,17)13-14-5-8-18-9-6-14/h1-4,13,15H,5-10H2. The number of sulfonamides is 1. The molecule has 0 bridgehead atoms. The monoisotopic (exact) mass is 302 g/mol. The number of nitrogens with zero attached hydrogens (tertiary/aromatic N) is 1. The van der Waals surface area contributed by atoms with Gasteiger partial charge in [-0.25, -0.2) is 13.4 Å². The van der Waals surface area contributed by atoms with Crippen LogP contribution in [0.15, 0.2) is 29.2 Å². The number of hydrogen-bond donors (Lipinski definition) is 2. The Morgan fingerprint density at radius 1 is 1.25 bits per heavy atom. The predicted octanol–water partition coefficient (Wildman–Crippen LogP) is -0.417. The van der Waals surface area contributed by atoms with Gasteiger partial charge in [-0.3, -0.25) is 0 Å². The van der Waals surface area contributed by atoms with Gasteiger partial charge >= 0.3 is 0 Å². The average molecular weight is 302 g/mol. The van der Waals surface area contributed by atoms with E-state index >= 15 is 0 Å². The first-order valence-corrected chi connectivity index (χ1v) is 7.79. The fraction of sp³-hybridized carbons (Fsp3) is 0.500. The molecule has 1 aliphatic heterocycles. The van der Waals surface area contributed by atoms with E-state index in [1.807, 2.05) is 0 Å². The highest BCUT2D eigenvalue weighted by Crippen LogP contribution is 2.16. The van der Waals surface area contributed by atoms with E-state index in [0.29, 0.717) is 32.1 Å². The summed E-state index contributed by atoms with van der Waals surface area (Å²) >= 11 is 0. The average Bonchev–Trinajstić information content (AvgIpc) is 2.46. The first kappa shape index (κ1) is 15.2. The fourth-order valence-electron chi connectivity index (χ4n) is 1.76. The molecule has 0 unspecified atom stereocenters. The lowest BCUT2D eigenvalue weighted by atomic mass is 10.3. The van der Waals surface area contributed by atoms with Crippen molar-refractivity contribution in [2.24, 2.45) is 0 Å². The summed E-state index contributed by atoms with van der Waals surface area (Å²) in [5.41, 5.74) is 0. The van der Waals surface area contributed by atoms with Crippen LogP contribution in [0.4, 0.5) is 0 Å². The zero-order valence-electron chi connectivity index (χ0n) is 11.0. The van der Waals surface area contributed by atoms with Gasteiger partial charge in [-0.2, -0.15) is 0 Å². The van der Waals surface area contributed by atoms with Crippen molar-refractivity contribution in [2.75, 3.05) is 39.5 Å². The molecule has 2 rings (SSSR count). The second-order valence-corrected chi connectivity index (χ2v) is 5.90. The molecule has 112 valence electrons. The summed E-state index contributed by atoms with van der Waals surface area (Å²) in [6.07, 6.45) is 0. The van der Waals surface area contributed by atoms with Gasteiger partial charge in [0.25, 0.3) is 10.0 Å². The Morgan fingerprint density at radius 3 is 2.50 bits per heavy atom. The minimum Gasteiger partial charge on any atom is -0.491 e. The lowest BCUT2D eigenvalue weighted by Gasteiger charge is -2.26. The molecule has 1 saturated heterocycles. The Hall–Kier alpha value is -1.19. The number of rotatable bonds is 6. The number of nitrogens with one attached hydrogen (secondary N) is 1. The van der Waals surface area contributed by atoms with Crippen LogP contribution in [-0.2, 0) is 14.8 Å². The summed E-state index contributed by atoms with van der Waals surface area (Å²) in [7, 11) is -3.58. The topological polar surface area (TPSA) is 88.1 Å². The molecule has 1 heterocycles. The zero-order valence-corrected chi connectivity index (χ0v) is 11.8. The van der Waals surface area contributed by atoms with Gasteiger partial charge in [0.2, 0.25) is 0 Å². The second-order valence-electron chi connectivity index (χ2n) is 4.24. The maximum absolute atomic E-state index is 12.2. The molecule has 0 radical (unpaired) electrons. The molecule has 8 heteroatoms. The van der Waals surface area contributed by atoms with E-state index in [-0.39, 0.29) is 18.1 Å². The maximum atomic E-state index is 12.2. The molecule has 1 aromatic carbocycles. The van der Waals surface area contributed by atoms with Crippen LogP contribution < -0.4 is 9.57 Å². The van der Waals surface area contributed by atoms with Gasteiger partial charge in [-0.15, -0.1) is 4.83 Å². The summed E-state index contributed by atoms with van der Waals surface area (Å²) < 4.78 is 34.6. The van der Waals surface area contributed by atoms with Gasteiger partial charge < -0.3 is 14.6 Å². The highest BCUT2D eigenvalue weighted by atomic mass is 32.2. The minimum atomic E-state index is -3.58. The molecule has 0 aromatic heterocycles. The normalized spacial score (nSPS) is 17.1. The Balaban J connectivity index is 2.01. The van der Waals surface area contributed by atoms with Crippen LogP contribution in [0.5, 0.6) is 5.75 Å². The molecular weight excluding hydrogens is 284 g/mol. The molecule has 1 fully saturated rings. The highest BCUT2D eigenvalue weighted by molar-refractivity contribution is 7.89. The summed E-state index contributed by atoms with van der Waals surface area (Å²) in [5, 5.41) is 10.3. The van der Waals surface area contributed by atoms with Gasteiger partial charge in [0.1, 0.15) is 12.4 Å². The molecule has 20 heavy (non-hydrogen) atoms. The number of hydrazine groups is 1. The van der Waals surface area contributed by atoms with E-state index in [2.05, 4.69) is 4.83 Å². The molecule has 1 aromatic rings. The largest absolute Gasteiger partial charge is 0.491 e. The minimum absolute atomic E-state index is 0.0847. The Morgan fingerprint density at radius 2 is 1.90 bits per heavy atom. The van der Waals surface area contributed by atoms with Gasteiger partial charge in [-0.05, 0) is 24.3 Å². The second kappa shape index (κ2) is 7.00. The highest BCUT2D eigenvalue weighted by Gasteiger charge is 2.20. The Labute approximate surface area is 118 Å². The van der Waals surface area contributed by atoms with Gasteiger partial charge in [-0.1, -0.05) is 0 Å². The summed E-state index contributed by atoms with van der Waals surface area (Å²) in [6, 6.07) is 6.05. The van der Waals surface area contributed by atoms with Crippen molar-refractivity contribution in [3.63, 3.8) is 0 Å². The number of benzene rings is 1.